The van der Waals surface area contributed by atoms with E-state index in [9.17, 15) is 9.59 Å². The van der Waals surface area contributed by atoms with Crippen LogP contribution in [0.3, 0.4) is 0 Å². The zero-order valence-corrected chi connectivity index (χ0v) is 10.3. The molecule has 1 aromatic heterocycles. The fourth-order valence-corrected chi connectivity index (χ4v) is 2.30. The third-order valence-corrected chi connectivity index (χ3v) is 3.29. The Morgan fingerprint density at radius 1 is 1.44 bits per heavy atom. The molecule has 1 fully saturated rings. The lowest BCUT2D eigenvalue weighted by Gasteiger charge is -2.27. The number of H-pyrrole nitrogens is 1. The first-order valence-electron chi connectivity index (χ1n) is 6.08. The van der Waals surface area contributed by atoms with Gasteiger partial charge in [-0.15, -0.1) is 0 Å². The molecule has 1 aliphatic carbocycles. The number of rotatable bonds is 3. The van der Waals surface area contributed by atoms with Gasteiger partial charge in [0.05, 0.1) is 19.4 Å². The second kappa shape index (κ2) is 5.66. The van der Waals surface area contributed by atoms with Crippen molar-refractivity contribution in [1.82, 2.24) is 9.97 Å². The van der Waals surface area contributed by atoms with Crippen LogP contribution in [0.25, 0.3) is 0 Å². The van der Waals surface area contributed by atoms with Crippen molar-refractivity contribution in [1.29, 1.82) is 0 Å². The summed E-state index contributed by atoms with van der Waals surface area (Å²) in [7, 11) is 1.42. The third-order valence-electron chi connectivity index (χ3n) is 3.29. The summed E-state index contributed by atoms with van der Waals surface area (Å²) in [5.74, 6) is 0.475. The van der Waals surface area contributed by atoms with Gasteiger partial charge in [0, 0.05) is 12.1 Å². The Morgan fingerprint density at radius 2 is 2.17 bits per heavy atom. The Bertz CT molecular complexity index is 464. The first-order valence-corrected chi connectivity index (χ1v) is 6.08. The Hall–Kier alpha value is -1.85. The fraction of sp³-hybridized carbons (Fsp3) is 0.583. The molecule has 1 heterocycles. The average Bonchev–Trinajstić information content (AvgIpc) is 2.39. The minimum Gasteiger partial charge on any atom is -0.469 e. The summed E-state index contributed by atoms with van der Waals surface area (Å²) in [4.78, 5) is 29.0. The largest absolute Gasteiger partial charge is 0.469 e. The number of esters is 1. The van der Waals surface area contributed by atoms with Gasteiger partial charge in [-0.05, 0) is 25.7 Å². The molecule has 18 heavy (non-hydrogen) atoms. The molecular weight excluding hydrogens is 234 g/mol. The number of anilines is 1. The number of aromatic nitrogens is 2. The number of hydrogen-bond donors (Lipinski definition) is 2. The predicted molar refractivity (Wildman–Crippen MR) is 66.2 cm³/mol. The van der Waals surface area contributed by atoms with Crippen LogP contribution < -0.4 is 10.9 Å². The molecule has 0 spiro atoms. The molecule has 2 rings (SSSR count). The number of methoxy groups -OCH3 is 1. The molecule has 0 aliphatic heterocycles. The highest BCUT2D eigenvalue weighted by Crippen LogP contribution is 2.26. The zero-order valence-electron chi connectivity index (χ0n) is 10.3. The highest BCUT2D eigenvalue weighted by molar-refractivity contribution is 5.72. The molecule has 0 saturated heterocycles. The molecule has 0 unspecified atom stereocenters. The Labute approximate surface area is 105 Å². The molecule has 0 radical (unpaired) electrons. The second-order valence-electron chi connectivity index (χ2n) is 4.51. The maximum Gasteiger partial charge on any atom is 0.308 e. The van der Waals surface area contributed by atoms with Crippen LogP contribution in [-0.4, -0.2) is 29.1 Å². The molecule has 98 valence electrons. The Morgan fingerprint density at radius 3 is 2.78 bits per heavy atom. The summed E-state index contributed by atoms with van der Waals surface area (Å²) in [6.45, 7) is 0. The lowest BCUT2D eigenvalue weighted by molar-refractivity contribution is -0.146. The van der Waals surface area contributed by atoms with Crippen LogP contribution in [0.15, 0.2) is 17.2 Å². The standard InChI is InChI=1S/C12H17N3O3/c1-18-12(17)8-2-4-9(5-3-8)15-10-6-11(16)14-7-13-10/h6-9H,2-5H2,1H3,(H2,13,14,15,16). The van der Waals surface area contributed by atoms with Crippen molar-refractivity contribution in [2.24, 2.45) is 5.92 Å². The van der Waals surface area contributed by atoms with Crippen molar-refractivity contribution >= 4 is 11.8 Å². The van der Waals surface area contributed by atoms with Gasteiger partial charge in [-0.1, -0.05) is 0 Å². The first-order chi connectivity index (χ1) is 8.69. The number of nitrogens with one attached hydrogen (secondary N) is 2. The van der Waals surface area contributed by atoms with Gasteiger partial charge in [-0.2, -0.15) is 0 Å². The summed E-state index contributed by atoms with van der Waals surface area (Å²) in [5.41, 5.74) is -0.171. The monoisotopic (exact) mass is 251 g/mol. The number of nitrogens with zero attached hydrogens (tertiary/aromatic N) is 1. The van der Waals surface area contributed by atoms with E-state index in [0.717, 1.165) is 25.7 Å². The average molecular weight is 251 g/mol. The minimum absolute atomic E-state index is 0.0141. The molecule has 0 aromatic carbocycles. The van der Waals surface area contributed by atoms with Crippen molar-refractivity contribution in [2.75, 3.05) is 12.4 Å². The topological polar surface area (TPSA) is 84.1 Å². The van der Waals surface area contributed by atoms with E-state index in [1.165, 1.54) is 19.5 Å². The van der Waals surface area contributed by atoms with E-state index in [4.69, 9.17) is 4.74 Å². The number of aromatic amines is 1. The van der Waals surface area contributed by atoms with Crippen LogP contribution in [-0.2, 0) is 9.53 Å². The normalized spacial score (nSPS) is 23.4. The highest BCUT2D eigenvalue weighted by atomic mass is 16.5. The summed E-state index contributed by atoms with van der Waals surface area (Å²) >= 11 is 0. The van der Waals surface area contributed by atoms with Crippen molar-refractivity contribution in [3.63, 3.8) is 0 Å². The van der Waals surface area contributed by atoms with Crippen LogP contribution in [0.2, 0.25) is 0 Å². The van der Waals surface area contributed by atoms with E-state index >= 15 is 0 Å². The summed E-state index contributed by atoms with van der Waals surface area (Å²) in [5, 5.41) is 3.22. The van der Waals surface area contributed by atoms with Gasteiger partial charge in [0.15, 0.2) is 0 Å². The van der Waals surface area contributed by atoms with Crippen molar-refractivity contribution < 1.29 is 9.53 Å². The van der Waals surface area contributed by atoms with E-state index in [1.807, 2.05) is 0 Å². The maximum absolute atomic E-state index is 11.4. The molecule has 1 aromatic rings. The lowest BCUT2D eigenvalue weighted by atomic mass is 9.86. The summed E-state index contributed by atoms with van der Waals surface area (Å²) in [6.07, 6.45) is 4.77. The summed E-state index contributed by atoms with van der Waals surface area (Å²) in [6, 6.07) is 1.70. The lowest BCUT2D eigenvalue weighted by Crippen LogP contribution is -2.30. The number of carbonyl (C=O) groups excluding carboxylic acids is 1. The molecule has 0 amide bonds. The minimum atomic E-state index is -0.171. The molecule has 6 nitrogen and oxygen atoms in total. The van der Waals surface area contributed by atoms with Gasteiger partial charge in [-0.3, -0.25) is 9.59 Å². The van der Waals surface area contributed by atoms with Crippen LogP contribution in [0.5, 0.6) is 0 Å². The van der Waals surface area contributed by atoms with Gasteiger partial charge in [0.25, 0.3) is 5.56 Å². The van der Waals surface area contributed by atoms with E-state index in [0.29, 0.717) is 5.82 Å². The molecule has 6 heteroatoms. The molecule has 0 atom stereocenters. The molecule has 2 N–H and O–H groups in total. The van der Waals surface area contributed by atoms with Crippen LogP contribution in [0.1, 0.15) is 25.7 Å². The smallest absolute Gasteiger partial charge is 0.308 e. The van der Waals surface area contributed by atoms with E-state index in [1.54, 1.807) is 0 Å². The Kier molecular flexibility index (Phi) is 3.96. The van der Waals surface area contributed by atoms with Crippen molar-refractivity contribution in [2.45, 2.75) is 31.7 Å². The zero-order chi connectivity index (χ0) is 13.0. The molecule has 0 bridgehead atoms. The van der Waals surface area contributed by atoms with Crippen LogP contribution in [0, 0.1) is 5.92 Å². The van der Waals surface area contributed by atoms with Crippen molar-refractivity contribution in [3.05, 3.63) is 22.7 Å². The van der Waals surface area contributed by atoms with Crippen LogP contribution in [0.4, 0.5) is 5.82 Å². The van der Waals surface area contributed by atoms with E-state index in [2.05, 4.69) is 15.3 Å². The van der Waals surface area contributed by atoms with Crippen molar-refractivity contribution in [3.8, 4) is 0 Å². The fourth-order valence-electron chi connectivity index (χ4n) is 2.30. The van der Waals surface area contributed by atoms with Crippen LogP contribution >= 0.6 is 0 Å². The maximum atomic E-state index is 11.4. The van der Waals surface area contributed by atoms with Gasteiger partial charge in [0.2, 0.25) is 0 Å². The SMILES string of the molecule is COC(=O)C1CCC(Nc2cc(=O)[nH]cn2)CC1. The van der Waals surface area contributed by atoms with Gasteiger partial charge >= 0.3 is 5.97 Å². The van der Waals surface area contributed by atoms with E-state index < -0.39 is 0 Å². The first kappa shape index (κ1) is 12.6. The van der Waals surface area contributed by atoms with Gasteiger partial charge in [0.1, 0.15) is 5.82 Å². The number of ether oxygens (including phenoxy) is 1. The number of carbonyl (C=O) groups is 1. The second-order valence-corrected chi connectivity index (χ2v) is 4.51. The predicted octanol–water partition coefficient (Wildman–Crippen LogP) is 0.914. The summed E-state index contributed by atoms with van der Waals surface area (Å²) < 4.78 is 4.74. The molecule has 1 saturated carbocycles. The van der Waals surface area contributed by atoms with E-state index in [-0.39, 0.29) is 23.5 Å². The Balaban J connectivity index is 1.87. The molecular formula is C12H17N3O3. The highest BCUT2D eigenvalue weighted by Gasteiger charge is 2.26. The third kappa shape index (κ3) is 3.09. The van der Waals surface area contributed by atoms with Gasteiger partial charge in [-0.25, -0.2) is 4.98 Å². The number of hydrogen-bond acceptors (Lipinski definition) is 5. The quantitative estimate of drug-likeness (QED) is 0.780. The van der Waals surface area contributed by atoms with Gasteiger partial charge < -0.3 is 15.0 Å². The molecule has 1 aliphatic rings.